The summed E-state index contributed by atoms with van der Waals surface area (Å²) in [4.78, 5) is 27.8. The molecular weight excluding hydrogens is 316 g/mol. The first-order chi connectivity index (χ1) is 10.7. The molecule has 1 heterocycles. The summed E-state index contributed by atoms with van der Waals surface area (Å²) >= 11 is 5.84. The Morgan fingerprint density at radius 3 is 2.09 bits per heavy atom. The van der Waals surface area contributed by atoms with Crippen molar-refractivity contribution in [3.05, 3.63) is 34.9 Å². The molecule has 1 saturated heterocycles. The van der Waals surface area contributed by atoms with Crippen molar-refractivity contribution in [1.82, 2.24) is 9.80 Å². The first-order valence-corrected chi connectivity index (χ1v) is 8.12. The first-order valence-electron chi connectivity index (χ1n) is 7.75. The highest BCUT2D eigenvalue weighted by Crippen LogP contribution is 2.14. The van der Waals surface area contributed by atoms with Crippen LogP contribution < -0.4 is 0 Å². The molecule has 0 spiro atoms. The van der Waals surface area contributed by atoms with E-state index in [0.29, 0.717) is 37.6 Å². The second-order valence-electron chi connectivity index (χ2n) is 6.65. The molecule has 1 aliphatic heterocycles. The molecule has 2 amide bonds. The van der Waals surface area contributed by atoms with Gasteiger partial charge < -0.3 is 14.5 Å². The number of amides is 2. The number of ether oxygens (including phenoxy) is 1. The summed E-state index contributed by atoms with van der Waals surface area (Å²) < 4.78 is 5.35. The Morgan fingerprint density at radius 1 is 1.04 bits per heavy atom. The van der Waals surface area contributed by atoms with E-state index >= 15 is 0 Å². The molecule has 0 N–H and O–H groups in total. The minimum atomic E-state index is -0.501. The second-order valence-corrected chi connectivity index (χ2v) is 7.09. The van der Waals surface area contributed by atoms with Crippen LogP contribution in [0.15, 0.2) is 24.3 Å². The minimum Gasteiger partial charge on any atom is -0.444 e. The molecule has 1 aromatic carbocycles. The van der Waals surface area contributed by atoms with E-state index in [4.69, 9.17) is 16.3 Å². The van der Waals surface area contributed by atoms with Gasteiger partial charge in [-0.25, -0.2) is 4.79 Å². The maximum Gasteiger partial charge on any atom is 0.410 e. The summed E-state index contributed by atoms with van der Waals surface area (Å²) in [7, 11) is 0. The van der Waals surface area contributed by atoms with Crippen molar-refractivity contribution in [2.45, 2.75) is 32.8 Å². The topological polar surface area (TPSA) is 49.9 Å². The number of halogens is 1. The molecule has 0 atom stereocenters. The van der Waals surface area contributed by atoms with Gasteiger partial charge in [0.15, 0.2) is 0 Å². The number of hydrogen-bond donors (Lipinski definition) is 0. The van der Waals surface area contributed by atoms with Gasteiger partial charge in [-0.15, -0.1) is 0 Å². The smallest absolute Gasteiger partial charge is 0.410 e. The second kappa shape index (κ2) is 7.21. The van der Waals surface area contributed by atoms with Crippen LogP contribution >= 0.6 is 11.6 Å². The normalized spacial score (nSPS) is 15.5. The molecule has 23 heavy (non-hydrogen) atoms. The maximum atomic E-state index is 12.3. The van der Waals surface area contributed by atoms with Crippen LogP contribution in [-0.2, 0) is 16.0 Å². The van der Waals surface area contributed by atoms with Crippen LogP contribution in [-0.4, -0.2) is 53.6 Å². The van der Waals surface area contributed by atoms with E-state index in [0.717, 1.165) is 5.56 Å². The van der Waals surface area contributed by atoms with Crippen LogP contribution in [0.3, 0.4) is 0 Å². The highest BCUT2D eigenvalue weighted by atomic mass is 35.5. The number of benzene rings is 1. The lowest BCUT2D eigenvalue weighted by Crippen LogP contribution is -2.51. The van der Waals surface area contributed by atoms with Gasteiger partial charge in [0, 0.05) is 31.2 Å². The van der Waals surface area contributed by atoms with Crippen molar-refractivity contribution >= 4 is 23.6 Å². The highest BCUT2D eigenvalue weighted by molar-refractivity contribution is 6.30. The third-order valence-corrected chi connectivity index (χ3v) is 3.80. The molecule has 5 nitrogen and oxygen atoms in total. The zero-order valence-corrected chi connectivity index (χ0v) is 14.6. The molecule has 0 aliphatic carbocycles. The van der Waals surface area contributed by atoms with Gasteiger partial charge in [-0.2, -0.15) is 0 Å². The van der Waals surface area contributed by atoms with E-state index in [-0.39, 0.29) is 12.0 Å². The summed E-state index contributed by atoms with van der Waals surface area (Å²) in [6.07, 6.45) is 0.0335. The monoisotopic (exact) mass is 338 g/mol. The van der Waals surface area contributed by atoms with E-state index in [1.54, 1.807) is 21.9 Å². The van der Waals surface area contributed by atoms with Gasteiger partial charge in [-0.05, 0) is 38.5 Å². The van der Waals surface area contributed by atoms with Gasteiger partial charge in [-0.3, -0.25) is 4.79 Å². The zero-order chi connectivity index (χ0) is 17.0. The van der Waals surface area contributed by atoms with Gasteiger partial charge in [0.25, 0.3) is 0 Å². The molecule has 0 saturated carbocycles. The van der Waals surface area contributed by atoms with Crippen LogP contribution in [0.1, 0.15) is 26.3 Å². The van der Waals surface area contributed by atoms with Gasteiger partial charge >= 0.3 is 6.09 Å². The van der Waals surface area contributed by atoms with Crippen molar-refractivity contribution in [2.75, 3.05) is 26.2 Å². The van der Waals surface area contributed by atoms with Crippen molar-refractivity contribution in [3.63, 3.8) is 0 Å². The molecule has 1 fully saturated rings. The summed E-state index contributed by atoms with van der Waals surface area (Å²) in [5.41, 5.74) is 0.437. The molecule has 1 aromatic rings. The molecule has 2 rings (SSSR count). The fourth-order valence-electron chi connectivity index (χ4n) is 2.35. The van der Waals surface area contributed by atoms with E-state index in [9.17, 15) is 9.59 Å². The number of piperazine rings is 1. The SMILES string of the molecule is CC(C)(C)OC(=O)N1CCN(C(=O)Cc2ccc(Cl)cc2)CC1. The fraction of sp³-hybridized carbons (Fsp3) is 0.529. The average molecular weight is 339 g/mol. The van der Waals surface area contributed by atoms with Crippen LogP contribution in [0.5, 0.6) is 0 Å². The largest absolute Gasteiger partial charge is 0.444 e. The predicted molar refractivity (Wildman–Crippen MR) is 89.5 cm³/mol. The van der Waals surface area contributed by atoms with E-state index in [2.05, 4.69) is 0 Å². The molecular formula is C17H23ClN2O3. The summed E-state index contributed by atoms with van der Waals surface area (Å²) in [6, 6.07) is 7.28. The van der Waals surface area contributed by atoms with E-state index in [1.807, 2.05) is 32.9 Å². The van der Waals surface area contributed by atoms with Crippen molar-refractivity contribution in [2.24, 2.45) is 0 Å². The Bertz CT molecular complexity index is 558. The molecule has 0 aromatic heterocycles. The third kappa shape index (κ3) is 5.43. The molecule has 126 valence electrons. The van der Waals surface area contributed by atoms with Crippen LogP contribution in [0.2, 0.25) is 5.02 Å². The third-order valence-electron chi connectivity index (χ3n) is 3.55. The van der Waals surface area contributed by atoms with Gasteiger partial charge in [0.05, 0.1) is 6.42 Å². The maximum absolute atomic E-state index is 12.3. The zero-order valence-electron chi connectivity index (χ0n) is 13.8. The molecule has 0 radical (unpaired) electrons. The number of carbonyl (C=O) groups excluding carboxylic acids is 2. The van der Waals surface area contributed by atoms with Crippen molar-refractivity contribution < 1.29 is 14.3 Å². The summed E-state index contributed by atoms with van der Waals surface area (Å²) in [6.45, 7) is 7.60. The minimum absolute atomic E-state index is 0.0659. The number of carbonyl (C=O) groups is 2. The molecule has 0 bridgehead atoms. The van der Waals surface area contributed by atoms with Gasteiger partial charge in [-0.1, -0.05) is 23.7 Å². The Balaban J connectivity index is 1.83. The number of rotatable bonds is 2. The van der Waals surface area contributed by atoms with Gasteiger partial charge in [0.2, 0.25) is 5.91 Å². The van der Waals surface area contributed by atoms with Crippen LogP contribution in [0.25, 0.3) is 0 Å². The van der Waals surface area contributed by atoms with Crippen LogP contribution in [0.4, 0.5) is 4.79 Å². The van der Waals surface area contributed by atoms with Gasteiger partial charge in [0.1, 0.15) is 5.60 Å². The van der Waals surface area contributed by atoms with E-state index < -0.39 is 5.60 Å². The lowest BCUT2D eigenvalue weighted by atomic mass is 10.1. The number of nitrogens with zero attached hydrogens (tertiary/aromatic N) is 2. The Kier molecular flexibility index (Phi) is 5.52. The van der Waals surface area contributed by atoms with Crippen molar-refractivity contribution in [1.29, 1.82) is 0 Å². The molecule has 1 aliphatic rings. The van der Waals surface area contributed by atoms with E-state index in [1.165, 1.54) is 0 Å². The Hall–Kier alpha value is -1.75. The molecule has 0 unspecified atom stereocenters. The average Bonchev–Trinajstić information content (AvgIpc) is 2.48. The Morgan fingerprint density at radius 2 is 1.57 bits per heavy atom. The van der Waals surface area contributed by atoms with Crippen molar-refractivity contribution in [3.8, 4) is 0 Å². The number of hydrogen-bond acceptors (Lipinski definition) is 3. The first kappa shape index (κ1) is 17.6. The predicted octanol–water partition coefficient (Wildman–Crippen LogP) is 2.96. The summed E-state index contributed by atoms with van der Waals surface area (Å²) in [5.74, 6) is 0.0659. The standard InChI is InChI=1S/C17H23ClN2O3/c1-17(2,3)23-16(22)20-10-8-19(9-11-20)15(21)12-13-4-6-14(18)7-5-13/h4-7H,8-12H2,1-3H3. The molecule has 6 heteroatoms. The fourth-order valence-corrected chi connectivity index (χ4v) is 2.48. The van der Waals surface area contributed by atoms with Crippen LogP contribution in [0, 0.1) is 0 Å². The Labute approximate surface area is 142 Å². The summed E-state index contributed by atoms with van der Waals surface area (Å²) in [5, 5.41) is 0.659. The lowest BCUT2D eigenvalue weighted by molar-refractivity contribution is -0.132. The highest BCUT2D eigenvalue weighted by Gasteiger charge is 2.27. The quantitative estimate of drug-likeness (QED) is 0.833. The lowest BCUT2D eigenvalue weighted by Gasteiger charge is -2.35.